The highest BCUT2D eigenvalue weighted by Gasteiger charge is 2.29. The van der Waals surface area contributed by atoms with Gasteiger partial charge in [0.1, 0.15) is 0 Å². The number of sulfone groups is 1. The molecule has 4 heteroatoms. The molecule has 0 aliphatic rings. The fourth-order valence-electron chi connectivity index (χ4n) is 1.07. The molecule has 0 aromatic carbocycles. The summed E-state index contributed by atoms with van der Waals surface area (Å²) in [4.78, 5) is 0. The molecule has 0 heterocycles. The third kappa shape index (κ3) is 4.65. The van der Waals surface area contributed by atoms with Crippen LogP contribution in [0.5, 0.6) is 0 Å². The third-order valence-electron chi connectivity index (χ3n) is 2.45. The highest BCUT2D eigenvalue weighted by Crippen LogP contribution is 2.23. The van der Waals surface area contributed by atoms with Crippen molar-refractivity contribution in [1.82, 2.24) is 0 Å². The van der Waals surface area contributed by atoms with Gasteiger partial charge in [-0.15, -0.1) is 0 Å². The Morgan fingerprint density at radius 1 is 1.13 bits per heavy atom. The standard InChI is InChI=1S/C11H21NO2S/c1-10(2,3)15(13,14)8-6-7-11(4,5)9-12/h6-8H2,1-5H3. The summed E-state index contributed by atoms with van der Waals surface area (Å²) in [5, 5.41) is 8.78. The van der Waals surface area contributed by atoms with Crippen molar-refractivity contribution in [1.29, 1.82) is 5.26 Å². The van der Waals surface area contributed by atoms with E-state index in [0.717, 1.165) is 0 Å². The van der Waals surface area contributed by atoms with Gasteiger partial charge < -0.3 is 0 Å². The Morgan fingerprint density at radius 2 is 1.60 bits per heavy atom. The van der Waals surface area contributed by atoms with E-state index in [0.29, 0.717) is 12.8 Å². The second kappa shape index (κ2) is 4.52. The molecule has 0 fully saturated rings. The summed E-state index contributed by atoms with van der Waals surface area (Å²) in [6.07, 6.45) is 1.18. The van der Waals surface area contributed by atoms with Crippen LogP contribution in [-0.4, -0.2) is 18.9 Å². The van der Waals surface area contributed by atoms with E-state index in [1.807, 2.05) is 13.8 Å². The average molecular weight is 231 g/mol. The van der Waals surface area contributed by atoms with Gasteiger partial charge in [-0.2, -0.15) is 5.26 Å². The molecule has 0 aliphatic heterocycles. The smallest absolute Gasteiger partial charge is 0.155 e. The van der Waals surface area contributed by atoms with Crippen LogP contribution >= 0.6 is 0 Å². The Balaban J connectivity index is 4.28. The fraction of sp³-hybridized carbons (Fsp3) is 0.909. The van der Waals surface area contributed by atoms with E-state index < -0.39 is 20.0 Å². The molecule has 0 aromatic rings. The summed E-state index contributed by atoms with van der Waals surface area (Å²) in [5.41, 5.74) is -0.423. The van der Waals surface area contributed by atoms with Crippen LogP contribution in [0.1, 0.15) is 47.5 Å². The summed E-state index contributed by atoms with van der Waals surface area (Å²) in [6, 6.07) is 2.17. The van der Waals surface area contributed by atoms with Crippen LogP contribution in [0.25, 0.3) is 0 Å². The second-order valence-corrected chi connectivity index (χ2v) is 8.39. The first-order valence-corrected chi connectivity index (χ1v) is 6.81. The molecule has 0 bridgehead atoms. The van der Waals surface area contributed by atoms with Gasteiger partial charge in [-0.3, -0.25) is 0 Å². The van der Waals surface area contributed by atoms with Gasteiger partial charge in [-0.05, 0) is 47.5 Å². The van der Waals surface area contributed by atoms with Gasteiger partial charge in [0.15, 0.2) is 9.84 Å². The molecule has 15 heavy (non-hydrogen) atoms. The van der Waals surface area contributed by atoms with E-state index in [4.69, 9.17) is 5.26 Å². The van der Waals surface area contributed by atoms with Crippen molar-refractivity contribution < 1.29 is 8.42 Å². The first-order chi connectivity index (χ1) is 6.52. The highest BCUT2D eigenvalue weighted by atomic mass is 32.2. The molecule has 3 nitrogen and oxygen atoms in total. The summed E-state index contributed by atoms with van der Waals surface area (Å²) in [5.74, 6) is 0.168. The lowest BCUT2D eigenvalue weighted by Crippen LogP contribution is -2.30. The van der Waals surface area contributed by atoms with Crippen molar-refractivity contribution in [3.05, 3.63) is 0 Å². The summed E-state index contributed by atoms with van der Waals surface area (Å²) >= 11 is 0. The van der Waals surface area contributed by atoms with Crippen molar-refractivity contribution in [3.8, 4) is 6.07 Å². The predicted octanol–water partition coefficient (Wildman–Crippen LogP) is 2.53. The SMILES string of the molecule is CC(C)(C#N)CCCS(=O)(=O)C(C)(C)C. The minimum Gasteiger partial charge on any atom is -0.228 e. The van der Waals surface area contributed by atoms with Crippen LogP contribution in [0, 0.1) is 16.7 Å². The topological polar surface area (TPSA) is 57.9 Å². The quantitative estimate of drug-likeness (QED) is 0.747. The fourth-order valence-corrected chi connectivity index (χ4v) is 2.20. The number of hydrogen-bond donors (Lipinski definition) is 0. The largest absolute Gasteiger partial charge is 0.228 e. The van der Waals surface area contributed by atoms with E-state index in [1.165, 1.54) is 0 Å². The summed E-state index contributed by atoms with van der Waals surface area (Å²) in [7, 11) is -3.04. The van der Waals surface area contributed by atoms with E-state index in [9.17, 15) is 8.42 Å². The van der Waals surface area contributed by atoms with Gasteiger partial charge in [0.05, 0.1) is 22.0 Å². The van der Waals surface area contributed by atoms with Crippen LogP contribution in [0.15, 0.2) is 0 Å². The molecule has 0 rings (SSSR count). The Labute approximate surface area is 93.4 Å². The van der Waals surface area contributed by atoms with Crippen molar-refractivity contribution in [2.45, 2.75) is 52.2 Å². The van der Waals surface area contributed by atoms with Crippen molar-refractivity contribution >= 4 is 9.84 Å². The number of nitrogens with zero attached hydrogens (tertiary/aromatic N) is 1. The molecule has 0 radical (unpaired) electrons. The van der Waals surface area contributed by atoms with Crippen molar-refractivity contribution in [2.24, 2.45) is 5.41 Å². The molecule has 0 saturated carbocycles. The van der Waals surface area contributed by atoms with E-state index >= 15 is 0 Å². The number of hydrogen-bond acceptors (Lipinski definition) is 3. The van der Waals surface area contributed by atoms with Crippen LogP contribution in [0.4, 0.5) is 0 Å². The van der Waals surface area contributed by atoms with E-state index in [-0.39, 0.29) is 5.75 Å². The first kappa shape index (κ1) is 14.4. The third-order valence-corrected chi connectivity index (χ3v) is 5.14. The van der Waals surface area contributed by atoms with Gasteiger partial charge in [-0.1, -0.05) is 0 Å². The zero-order valence-corrected chi connectivity index (χ0v) is 11.1. The van der Waals surface area contributed by atoms with Crippen molar-refractivity contribution in [2.75, 3.05) is 5.75 Å². The second-order valence-electron chi connectivity index (χ2n) is 5.53. The Morgan fingerprint density at radius 3 is 1.93 bits per heavy atom. The summed E-state index contributed by atoms with van der Waals surface area (Å²) < 4.78 is 22.8. The zero-order chi connectivity index (χ0) is 12.3. The molecule has 88 valence electrons. The van der Waals surface area contributed by atoms with Crippen molar-refractivity contribution in [3.63, 3.8) is 0 Å². The minimum absolute atomic E-state index is 0.168. The molecular formula is C11H21NO2S. The average Bonchev–Trinajstić information content (AvgIpc) is 2.01. The highest BCUT2D eigenvalue weighted by molar-refractivity contribution is 7.92. The first-order valence-electron chi connectivity index (χ1n) is 5.15. The van der Waals surface area contributed by atoms with Crippen LogP contribution < -0.4 is 0 Å². The van der Waals surface area contributed by atoms with Crippen LogP contribution in [-0.2, 0) is 9.84 Å². The molecule has 0 amide bonds. The van der Waals surface area contributed by atoms with Gasteiger partial charge in [0.2, 0.25) is 0 Å². The maximum Gasteiger partial charge on any atom is 0.155 e. The molecule has 0 saturated heterocycles. The lowest BCUT2D eigenvalue weighted by molar-refractivity contribution is 0.443. The molecule has 0 aliphatic carbocycles. The number of rotatable bonds is 4. The zero-order valence-electron chi connectivity index (χ0n) is 10.3. The summed E-state index contributed by atoms with van der Waals surface area (Å²) in [6.45, 7) is 8.78. The van der Waals surface area contributed by atoms with Gasteiger partial charge in [-0.25, -0.2) is 8.42 Å². The van der Waals surface area contributed by atoms with Crippen LogP contribution in [0.3, 0.4) is 0 Å². The van der Waals surface area contributed by atoms with E-state index in [1.54, 1.807) is 20.8 Å². The maximum atomic E-state index is 11.7. The Kier molecular flexibility index (Phi) is 4.36. The molecule has 0 spiro atoms. The normalized spacial score (nSPS) is 13.6. The predicted molar refractivity (Wildman–Crippen MR) is 62.2 cm³/mol. The number of nitriles is 1. The lowest BCUT2D eigenvalue weighted by Gasteiger charge is -2.20. The van der Waals surface area contributed by atoms with Gasteiger partial charge in [0, 0.05) is 0 Å². The van der Waals surface area contributed by atoms with E-state index in [2.05, 4.69) is 6.07 Å². The molecule has 0 atom stereocenters. The van der Waals surface area contributed by atoms with Gasteiger partial charge in [0.25, 0.3) is 0 Å². The molecular weight excluding hydrogens is 210 g/mol. The Bertz CT molecular complexity index is 342. The lowest BCUT2D eigenvalue weighted by atomic mass is 9.90. The molecule has 0 N–H and O–H groups in total. The monoisotopic (exact) mass is 231 g/mol. The minimum atomic E-state index is -3.04. The van der Waals surface area contributed by atoms with Gasteiger partial charge >= 0.3 is 0 Å². The molecule has 0 unspecified atom stereocenters. The molecule has 0 aromatic heterocycles. The maximum absolute atomic E-state index is 11.7. The Hall–Kier alpha value is -0.560. The van der Waals surface area contributed by atoms with Crippen LogP contribution in [0.2, 0.25) is 0 Å².